The zero-order valence-corrected chi connectivity index (χ0v) is 29.3. The number of hydrogen-bond acceptors (Lipinski definition) is 10. The average molecular weight is 683 g/mol. The zero-order chi connectivity index (χ0) is 33.7. The molecular weight excluding hydrogens is 639 g/mol. The van der Waals surface area contributed by atoms with Crippen molar-refractivity contribution >= 4 is 54.2 Å². The summed E-state index contributed by atoms with van der Waals surface area (Å²) in [5.74, 6) is -0.517. The van der Waals surface area contributed by atoms with Crippen LogP contribution in [-0.4, -0.2) is 64.7 Å². The summed E-state index contributed by atoms with van der Waals surface area (Å²) in [6.07, 6.45) is 2.68. The van der Waals surface area contributed by atoms with E-state index in [1.807, 2.05) is 83.1 Å². The molecule has 5 heterocycles. The van der Waals surface area contributed by atoms with Crippen LogP contribution in [0.3, 0.4) is 0 Å². The second-order valence-electron chi connectivity index (χ2n) is 14.0. The lowest BCUT2D eigenvalue weighted by Gasteiger charge is -2.32. The van der Waals surface area contributed by atoms with Gasteiger partial charge in [0.1, 0.15) is 23.3 Å². The van der Waals surface area contributed by atoms with Gasteiger partial charge in [0.05, 0.1) is 38.1 Å². The molecule has 0 aromatic carbocycles. The fourth-order valence-corrected chi connectivity index (χ4v) is 4.24. The van der Waals surface area contributed by atoms with Crippen LogP contribution in [0.1, 0.15) is 83.1 Å². The molecule has 3 saturated heterocycles. The summed E-state index contributed by atoms with van der Waals surface area (Å²) in [5.41, 5.74) is 8.40. The summed E-state index contributed by atoms with van der Waals surface area (Å²) in [7, 11) is -1.69. The highest BCUT2D eigenvalue weighted by molar-refractivity contribution is 9.10. The highest BCUT2D eigenvalue weighted by Gasteiger charge is 2.63. The van der Waals surface area contributed by atoms with Gasteiger partial charge in [0.15, 0.2) is 0 Å². The molecule has 0 amide bonds. The highest BCUT2D eigenvalue weighted by Crippen LogP contribution is 2.43. The quantitative estimate of drug-likeness (QED) is 0.421. The first-order valence-corrected chi connectivity index (χ1v) is 15.1. The Morgan fingerprint density at radius 2 is 0.886 bits per heavy atom. The van der Waals surface area contributed by atoms with Gasteiger partial charge in [-0.1, -0.05) is 0 Å². The molecule has 3 aliphatic heterocycles. The molecule has 242 valence electrons. The van der Waals surface area contributed by atoms with Crippen molar-refractivity contribution in [1.29, 1.82) is 0 Å². The monoisotopic (exact) mass is 682 g/mol. The van der Waals surface area contributed by atoms with Gasteiger partial charge < -0.3 is 39.4 Å². The second-order valence-corrected chi connectivity index (χ2v) is 14.8. The number of pyridine rings is 2. The number of nitrogens with zero attached hydrogens (tertiary/aromatic N) is 2. The predicted molar refractivity (Wildman–Crippen MR) is 173 cm³/mol. The lowest BCUT2D eigenvalue weighted by Crippen LogP contribution is -2.41. The minimum absolute atomic E-state index is 0.141. The van der Waals surface area contributed by atoms with Crippen molar-refractivity contribution in [3.05, 3.63) is 40.6 Å². The van der Waals surface area contributed by atoms with Crippen molar-refractivity contribution in [1.82, 2.24) is 9.97 Å². The fourth-order valence-electron chi connectivity index (χ4n) is 4.03. The molecule has 16 heteroatoms. The van der Waals surface area contributed by atoms with Crippen LogP contribution >= 0.6 is 15.9 Å². The third kappa shape index (κ3) is 7.76. The van der Waals surface area contributed by atoms with Crippen molar-refractivity contribution < 1.29 is 36.7 Å². The molecule has 10 nitrogen and oxygen atoms in total. The first kappa shape index (κ1) is 36.7. The van der Waals surface area contributed by atoms with E-state index in [9.17, 15) is 8.78 Å². The smallest absolute Gasteiger partial charge is 0.405 e. The largest absolute Gasteiger partial charge is 0.499 e. The number of anilines is 2. The number of aromatic nitrogens is 2. The molecule has 2 aromatic rings. The lowest BCUT2D eigenvalue weighted by atomic mass is 9.49. The molecule has 0 atom stereocenters. The van der Waals surface area contributed by atoms with Gasteiger partial charge in [-0.25, -0.2) is 18.7 Å². The van der Waals surface area contributed by atoms with Crippen LogP contribution in [-0.2, 0) is 27.9 Å². The Morgan fingerprint density at radius 3 is 1.20 bits per heavy atom. The number of halogens is 3. The molecule has 0 spiro atoms. The Morgan fingerprint density at radius 1 is 0.568 bits per heavy atom. The van der Waals surface area contributed by atoms with Crippen molar-refractivity contribution in [2.75, 3.05) is 11.5 Å². The molecule has 2 aromatic heterocycles. The molecule has 4 N–H and O–H groups in total. The second kappa shape index (κ2) is 12.4. The topological polar surface area (TPSA) is 133 Å². The Labute approximate surface area is 269 Å². The standard InChI is InChI=1S/C12H24B2O4.C11H16BFN2O2.C5H4BrFN2/c1-9(2)10(3,4)16-13(15-9)14-17-11(5,6)12(7,8)18-14;1-10(2)11(3,4)17-12(16-10)7-6-15-9(14)5-8(7)13;6-3-2-9-5(8)1-4(3)7/h1-8H3;5-6H,1-4H3,(H2,14,15);1-2H,(H2,8,9). The maximum Gasteiger partial charge on any atom is 0.499 e. The Kier molecular flexibility index (Phi) is 10.4. The maximum absolute atomic E-state index is 13.7. The van der Waals surface area contributed by atoms with E-state index < -0.39 is 38.2 Å². The third-order valence-corrected chi connectivity index (χ3v) is 9.59. The maximum atomic E-state index is 13.7. The summed E-state index contributed by atoms with van der Waals surface area (Å²) < 4.78 is 61.8. The van der Waals surface area contributed by atoms with Gasteiger partial charge in [-0.2, -0.15) is 0 Å². The Bertz CT molecular complexity index is 1270. The van der Waals surface area contributed by atoms with E-state index >= 15 is 0 Å². The first-order chi connectivity index (χ1) is 19.8. The van der Waals surface area contributed by atoms with Crippen LogP contribution in [0.25, 0.3) is 0 Å². The molecule has 44 heavy (non-hydrogen) atoms. The highest BCUT2D eigenvalue weighted by atomic mass is 79.9. The van der Waals surface area contributed by atoms with Crippen LogP contribution in [0.5, 0.6) is 0 Å². The number of rotatable bonds is 2. The third-order valence-electron chi connectivity index (χ3n) is 9.01. The van der Waals surface area contributed by atoms with E-state index in [4.69, 9.17) is 39.4 Å². The minimum atomic E-state index is -0.742. The van der Waals surface area contributed by atoms with Gasteiger partial charge >= 0.3 is 21.1 Å². The van der Waals surface area contributed by atoms with Crippen LogP contribution in [0.15, 0.2) is 29.0 Å². The van der Waals surface area contributed by atoms with Gasteiger partial charge in [0.2, 0.25) is 0 Å². The van der Waals surface area contributed by atoms with E-state index in [1.165, 1.54) is 18.5 Å². The first-order valence-electron chi connectivity index (χ1n) is 14.4. The zero-order valence-electron chi connectivity index (χ0n) is 27.7. The minimum Gasteiger partial charge on any atom is -0.405 e. The van der Waals surface area contributed by atoms with E-state index in [1.54, 1.807) is 0 Å². The predicted octanol–water partition coefficient (Wildman–Crippen LogP) is 4.92. The summed E-state index contributed by atoms with van der Waals surface area (Å²) in [6, 6.07) is 2.32. The number of hydrogen-bond donors (Lipinski definition) is 2. The van der Waals surface area contributed by atoms with E-state index in [0.717, 1.165) is 6.07 Å². The molecule has 0 unspecified atom stereocenters. The van der Waals surface area contributed by atoms with E-state index in [0.29, 0.717) is 4.47 Å². The summed E-state index contributed by atoms with van der Waals surface area (Å²) in [6.45, 7) is 23.9. The Hall–Kier alpha value is -1.81. The van der Waals surface area contributed by atoms with Crippen LogP contribution in [0.4, 0.5) is 20.4 Å². The van der Waals surface area contributed by atoms with Crippen molar-refractivity contribution in [3.8, 4) is 0 Å². The van der Waals surface area contributed by atoms with Crippen molar-refractivity contribution in [2.45, 2.75) is 117 Å². The van der Waals surface area contributed by atoms with Gasteiger partial charge in [0, 0.05) is 30.0 Å². The lowest BCUT2D eigenvalue weighted by molar-refractivity contribution is 0.00578. The average Bonchev–Trinajstić information content (AvgIpc) is 3.31. The van der Waals surface area contributed by atoms with Gasteiger partial charge in [-0.15, -0.1) is 0 Å². The molecule has 5 rings (SSSR count). The van der Waals surface area contributed by atoms with E-state index in [-0.39, 0.29) is 45.3 Å². The van der Waals surface area contributed by atoms with E-state index in [2.05, 4.69) is 25.9 Å². The number of nitrogens with two attached hydrogens (primary N) is 2. The van der Waals surface area contributed by atoms with Crippen molar-refractivity contribution in [3.63, 3.8) is 0 Å². The van der Waals surface area contributed by atoms with Crippen LogP contribution in [0, 0.1) is 11.6 Å². The summed E-state index contributed by atoms with van der Waals surface area (Å²) in [5, 5.41) is 0. The molecule has 0 bridgehead atoms. The summed E-state index contributed by atoms with van der Waals surface area (Å²) >= 11 is 2.94. The van der Waals surface area contributed by atoms with Crippen LogP contribution in [0.2, 0.25) is 0 Å². The Balaban J connectivity index is 0.000000190. The normalized spacial score (nSPS) is 23.5. The number of nitrogen functional groups attached to an aromatic ring is 2. The molecule has 0 radical (unpaired) electrons. The van der Waals surface area contributed by atoms with Gasteiger partial charge in [-0.3, -0.25) is 0 Å². The SMILES string of the molecule is CC1(C)OB(B2OC(C)(C)C(C)(C)O2)OC1(C)C.CC1(C)OB(c2cnc(N)cc2F)OC1(C)C.Nc1cc(F)c(Br)cn1. The molecule has 3 aliphatic rings. The fraction of sp³-hybridized carbons (Fsp3) is 0.643. The van der Waals surface area contributed by atoms with Crippen LogP contribution < -0.4 is 16.9 Å². The van der Waals surface area contributed by atoms with Gasteiger partial charge in [-0.05, 0) is 99.0 Å². The molecular formula is C28H44B3BrF2N4O6. The molecule has 3 fully saturated rings. The molecule has 0 saturated carbocycles. The molecule has 0 aliphatic carbocycles. The van der Waals surface area contributed by atoms with Crippen molar-refractivity contribution in [2.24, 2.45) is 0 Å². The van der Waals surface area contributed by atoms with Gasteiger partial charge in [0.25, 0.3) is 0 Å². The summed E-state index contributed by atoms with van der Waals surface area (Å²) in [4.78, 5) is 7.49.